The minimum atomic E-state index is -0.648. The molecule has 0 amide bonds. The van der Waals surface area contributed by atoms with Crippen molar-refractivity contribution in [3.8, 4) is 5.75 Å². The lowest BCUT2D eigenvalue weighted by Gasteiger charge is -2.57. The van der Waals surface area contributed by atoms with E-state index in [1.165, 1.54) is 50.5 Å². The molecule has 4 aliphatic carbocycles. The molecule has 1 aromatic rings. The van der Waals surface area contributed by atoms with E-state index in [1.54, 1.807) is 24.3 Å². The summed E-state index contributed by atoms with van der Waals surface area (Å²) in [4.78, 5) is 23.4. The van der Waals surface area contributed by atoms with Gasteiger partial charge in [-0.15, -0.1) is 0 Å². The molecule has 0 aliphatic heterocycles. The summed E-state index contributed by atoms with van der Waals surface area (Å²) in [5.41, 5.74) is 2.31. The molecule has 0 saturated heterocycles. The maximum atomic E-state index is 12.5. The molecule has 0 radical (unpaired) electrons. The number of rotatable bonds is 8. The van der Waals surface area contributed by atoms with Crippen LogP contribution in [0.4, 0.5) is 4.79 Å². The second kappa shape index (κ2) is 11.8. The van der Waals surface area contributed by atoms with Crippen LogP contribution in [-0.2, 0) is 4.74 Å². The van der Waals surface area contributed by atoms with E-state index in [9.17, 15) is 9.59 Å². The highest BCUT2D eigenvalue weighted by Crippen LogP contribution is 2.64. The molecule has 0 spiro atoms. The van der Waals surface area contributed by atoms with Gasteiger partial charge >= 0.3 is 6.16 Å². The fourth-order valence-corrected chi connectivity index (χ4v) is 9.45. The number of aldehydes is 1. The van der Waals surface area contributed by atoms with Crippen LogP contribution in [0.15, 0.2) is 35.9 Å². The molecular formula is C35H50O4. The SMILES string of the molecule is CC(C)CCC[C@H](C)[C@@H]1CC[C@@H]2[C@@H]3CC=C4C[C@H](OC(=O)Oc5ccc(C=O)cc5)CC[C@]4(C)[C@@H]3C[C@H](C)[C@H]21. The van der Waals surface area contributed by atoms with Crippen molar-refractivity contribution in [2.75, 3.05) is 0 Å². The lowest BCUT2D eigenvalue weighted by molar-refractivity contribution is -0.0448. The van der Waals surface area contributed by atoms with E-state index in [2.05, 4.69) is 40.7 Å². The lowest BCUT2D eigenvalue weighted by Crippen LogP contribution is -2.50. The third-order valence-corrected chi connectivity index (χ3v) is 11.4. The topological polar surface area (TPSA) is 52.6 Å². The fraction of sp³-hybridized carbons (Fsp3) is 0.714. The van der Waals surface area contributed by atoms with Crippen molar-refractivity contribution in [3.63, 3.8) is 0 Å². The maximum Gasteiger partial charge on any atom is 0.514 e. The van der Waals surface area contributed by atoms with Gasteiger partial charge < -0.3 is 9.47 Å². The summed E-state index contributed by atoms with van der Waals surface area (Å²) >= 11 is 0. The highest BCUT2D eigenvalue weighted by Gasteiger charge is 2.56. The molecule has 0 heterocycles. The molecule has 4 heteroatoms. The Hall–Kier alpha value is -2.10. The highest BCUT2D eigenvalue weighted by molar-refractivity contribution is 5.75. The Balaban J connectivity index is 1.21. The Morgan fingerprint density at radius 1 is 1.08 bits per heavy atom. The van der Waals surface area contributed by atoms with Gasteiger partial charge in [0.15, 0.2) is 0 Å². The van der Waals surface area contributed by atoms with Gasteiger partial charge in [-0.1, -0.05) is 65.5 Å². The van der Waals surface area contributed by atoms with Crippen LogP contribution in [-0.4, -0.2) is 18.5 Å². The molecule has 0 unspecified atom stereocenters. The number of allylic oxidation sites excluding steroid dienone is 1. The Morgan fingerprint density at radius 2 is 1.85 bits per heavy atom. The van der Waals surface area contributed by atoms with Gasteiger partial charge in [-0.05, 0) is 116 Å². The number of carbonyl (C=O) groups is 2. The molecule has 5 rings (SSSR count). The van der Waals surface area contributed by atoms with Crippen LogP contribution in [0.25, 0.3) is 0 Å². The molecule has 3 saturated carbocycles. The number of ether oxygens (including phenoxy) is 2. The first kappa shape index (κ1) is 28.4. The van der Waals surface area contributed by atoms with Crippen molar-refractivity contribution >= 4 is 12.4 Å². The zero-order chi connectivity index (χ0) is 27.7. The van der Waals surface area contributed by atoms with E-state index >= 15 is 0 Å². The summed E-state index contributed by atoms with van der Waals surface area (Å²) in [7, 11) is 0. The van der Waals surface area contributed by atoms with Crippen LogP contribution in [0.5, 0.6) is 5.75 Å². The predicted molar refractivity (Wildman–Crippen MR) is 156 cm³/mol. The minimum absolute atomic E-state index is 0.126. The van der Waals surface area contributed by atoms with Crippen molar-refractivity contribution in [2.45, 2.75) is 105 Å². The van der Waals surface area contributed by atoms with Gasteiger partial charge in [0.25, 0.3) is 0 Å². The van der Waals surface area contributed by atoms with Gasteiger partial charge in [0.1, 0.15) is 18.1 Å². The normalized spacial score (nSPS) is 36.3. The third-order valence-electron chi connectivity index (χ3n) is 11.4. The van der Waals surface area contributed by atoms with Crippen LogP contribution in [0, 0.1) is 52.8 Å². The minimum Gasteiger partial charge on any atom is -0.430 e. The van der Waals surface area contributed by atoms with E-state index in [0.29, 0.717) is 11.3 Å². The average molecular weight is 535 g/mol. The van der Waals surface area contributed by atoms with Crippen molar-refractivity contribution in [3.05, 3.63) is 41.5 Å². The summed E-state index contributed by atoms with van der Waals surface area (Å²) in [5, 5.41) is 0. The van der Waals surface area contributed by atoms with Crippen molar-refractivity contribution in [1.29, 1.82) is 0 Å². The molecule has 39 heavy (non-hydrogen) atoms. The van der Waals surface area contributed by atoms with Crippen molar-refractivity contribution < 1.29 is 19.1 Å². The van der Waals surface area contributed by atoms with Gasteiger partial charge in [0.2, 0.25) is 0 Å². The third kappa shape index (κ3) is 5.86. The standard InChI is InChI=1S/C35H50O4/c1-22(2)7-6-8-23(3)29-15-16-31-30-14-11-26-20-28(17-18-35(26,5)32(30)19-24(4)33(29)31)39-34(37)38-27-12-9-25(21-36)10-13-27/h9-13,21-24,28-33H,6-8,14-20H2,1-5H3/t23-,24-,28+,29-,30-,31+,32+,33-,35-/m0/s1. The molecule has 0 aromatic heterocycles. The summed E-state index contributed by atoms with van der Waals surface area (Å²) in [6.07, 6.45) is 15.0. The van der Waals surface area contributed by atoms with Gasteiger partial charge in [-0.25, -0.2) is 4.79 Å². The second-order valence-electron chi connectivity index (χ2n) is 14.2. The molecule has 4 aliphatic rings. The molecule has 0 bridgehead atoms. The Morgan fingerprint density at radius 3 is 2.56 bits per heavy atom. The Bertz CT molecular complexity index is 1040. The summed E-state index contributed by atoms with van der Waals surface area (Å²) in [6.45, 7) is 12.4. The van der Waals surface area contributed by atoms with Crippen LogP contribution >= 0.6 is 0 Å². The number of hydrogen-bond acceptors (Lipinski definition) is 4. The highest BCUT2D eigenvalue weighted by atomic mass is 16.7. The zero-order valence-electron chi connectivity index (χ0n) is 24.9. The van der Waals surface area contributed by atoms with E-state index < -0.39 is 6.16 Å². The fourth-order valence-electron chi connectivity index (χ4n) is 9.45. The smallest absolute Gasteiger partial charge is 0.430 e. The first-order valence-electron chi connectivity index (χ1n) is 15.8. The van der Waals surface area contributed by atoms with Gasteiger partial charge in [0, 0.05) is 12.0 Å². The van der Waals surface area contributed by atoms with Gasteiger partial charge in [-0.2, -0.15) is 0 Å². The van der Waals surface area contributed by atoms with Gasteiger partial charge in [-0.3, -0.25) is 4.79 Å². The van der Waals surface area contributed by atoms with Gasteiger partial charge in [0.05, 0.1) is 0 Å². The molecule has 3 fully saturated rings. The van der Waals surface area contributed by atoms with Crippen molar-refractivity contribution in [1.82, 2.24) is 0 Å². The Kier molecular flexibility index (Phi) is 8.59. The van der Waals surface area contributed by atoms with Crippen LogP contribution in [0.2, 0.25) is 0 Å². The monoisotopic (exact) mass is 534 g/mol. The summed E-state index contributed by atoms with van der Waals surface area (Å²) < 4.78 is 11.2. The maximum absolute atomic E-state index is 12.5. The number of carbonyl (C=O) groups excluding carboxylic acids is 2. The second-order valence-corrected chi connectivity index (χ2v) is 14.2. The van der Waals surface area contributed by atoms with E-state index in [0.717, 1.165) is 72.9 Å². The lowest BCUT2D eigenvalue weighted by atomic mass is 9.48. The number of hydrogen-bond donors (Lipinski definition) is 0. The molecule has 9 atom stereocenters. The van der Waals surface area contributed by atoms with Crippen LogP contribution < -0.4 is 4.74 Å². The number of benzene rings is 1. The molecular weight excluding hydrogens is 484 g/mol. The first-order valence-corrected chi connectivity index (χ1v) is 15.8. The zero-order valence-corrected chi connectivity index (χ0v) is 24.9. The Labute approximate surface area is 236 Å². The summed E-state index contributed by atoms with van der Waals surface area (Å²) in [6, 6.07) is 6.54. The number of fused-ring (bicyclic) bond motifs is 5. The largest absolute Gasteiger partial charge is 0.514 e. The van der Waals surface area contributed by atoms with E-state index in [1.807, 2.05) is 0 Å². The quantitative estimate of drug-likeness (QED) is 0.144. The molecule has 0 N–H and O–H groups in total. The van der Waals surface area contributed by atoms with Crippen molar-refractivity contribution in [2.24, 2.45) is 52.8 Å². The van der Waals surface area contributed by atoms with E-state index in [-0.39, 0.29) is 11.5 Å². The first-order chi connectivity index (χ1) is 18.7. The molecule has 4 nitrogen and oxygen atoms in total. The van der Waals surface area contributed by atoms with E-state index in [4.69, 9.17) is 9.47 Å². The predicted octanol–water partition coefficient (Wildman–Crippen LogP) is 9.28. The molecule has 1 aromatic carbocycles. The van der Waals surface area contributed by atoms with Crippen LogP contribution in [0.1, 0.15) is 109 Å². The average Bonchev–Trinajstić information content (AvgIpc) is 3.36. The van der Waals surface area contributed by atoms with Crippen LogP contribution in [0.3, 0.4) is 0 Å². The summed E-state index contributed by atoms with van der Waals surface area (Å²) in [5.74, 6) is 7.19. The molecule has 214 valence electrons.